The molecule has 2 aromatic rings. The van der Waals surface area contributed by atoms with Crippen molar-refractivity contribution in [2.24, 2.45) is 0 Å². The minimum absolute atomic E-state index is 0.0172. The average Bonchev–Trinajstić information content (AvgIpc) is 2.48. The molecule has 0 bridgehead atoms. The average molecular weight is 350 g/mol. The van der Waals surface area contributed by atoms with Crippen molar-refractivity contribution < 1.29 is 14.5 Å². The summed E-state index contributed by atoms with van der Waals surface area (Å²) in [5.74, 6) is -0.371. The topological polar surface area (TPSA) is 69.4 Å². The molecule has 0 heterocycles. The number of carbonyl (C=O) groups is 1. The zero-order chi connectivity index (χ0) is 15.2. The van der Waals surface area contributed by atoms with Gasteiger partial charge in [0.25, 0.3) is 5.69 Å². The highest BCUT2D eigenvalue weighted by atomic mass is 79.9. The third-order valence-electron chi connectivity index (χ3n) is 2.78. The third-order valence-corrected chi connectivity index (χ3v) is 3.31. The summed E-state index contributed by atoms with van der Waals surface area (Å²) >= 11 is 3.32. The first-order valence-electron chi connectivity index (χ1n) is 6.18. The molecule has 21 heavy (non-hydrogen) atoms. The zero-order valence-corrected chi connectivity index (χ0v) is 12.6. The van der Waals surface area contributed by atoms with Crippen molar-refractivity contribution in [1.82, 2.24) is 0 Å². The number of hydrogen-bond donors (Lipinski definition) is 0. The van der Waals surface area contributed by atoms with Crippen molar-refractivity contribution in [2.75, 3.05) is 0 Å². The lowest BCUT2D eigenvalue weighted by molar-refractivity contribution is -0.384. The largest absolute Gasteiger partial charge is 0.461 e. The molecule has 0 saturated carbocycles. The molecule has 0 atom stereocenters. The van der Waals surface area contributed by atoms with Crippen molar-refractivity contribution >= 4 is 27.6 Å². The van der Waals surface area contributed by atoms with Crippen molar-refractivity contribution in [3.8, 4) is 0 Å². The number of non-ortho nitro benzene ring substituents is 1. The molecule has 0 radical (unpaired) electrons. The van der Waals surface area contributed by atoms with Crippen molar-refractivity contribution in [2.45, 2.75) is 13.0 Å². The quantitative estimate of drug-likeness (QED) is 0.469. The highest BCUT2D eigenvalue weighted by Gasteiger charge is 2.08. The monoisotopic (exact) mass is 349 g/mol. The molecule has 0 aliphatic carbocycles. The second-order valence-corrected chi connectivity index (χ2v) is 5.31. The minimum atomic E-state index is -0.479. The van der Waals surface area contributed by atoms with Crippen LogP contribution in [0.3, 0.4) is 0 Å². The Morgan fingerprint density at radius 2 is 1.86 bits per heavy atom. The van der Waals surface area contributed by atoms with Gasteiger partial charge >= 0.3 is 5.97 Å². The Morgan fingerprint density at radius 3 is 2.52 bits per heavy atom. The van der Waals surface area contributed by atoms with Crippen molar-refractivity contribution in [1.29, 1.82) is 0 Å². The van der Waals surface area contributed by atoms with Crippen molar-refractivity contribution in [3.63, 3.8) is 0 Å². The van der Waals surface area contributed by atoms with E-state index >= 15 is 0 Å². The number of nitrogens with zero attached hydrogens (tertiary/aromatic N) is 1. The first kappa shape index (κ1) is 15.2. The summed E-state index contributed by atoms with van der Waals surface area (Å²) < 4.78 is 6.06. The zero-order valence-electron chi connectivity index (χ0n) is 11.0. The molecular formula is C15H12BrNO4. The molecule has 0 fully saturated rings. The molecule has 0 unspecified atom stereocenters. The minimum Gasteiger partial charge on any atom is -0.461 e. The van der Waals surface area contributed by atoms with E-state index in [1.54, 1.807) is 12.1 Å². The van der Waals surface area contributed by atoms with E-state index in [1.165, 1.54) is 12.1 Å². The predicted molar refractivity (Wildman–Crippen MR) is 80.7 cm³/mol. The van der Waals surface area contributed by atoms with E-state index in [0.29, 0.717) is 5.56 Å². The fourth-order valence-electron chi connectivity index (χ4n) is 1.74. The van der Waals surface area contributed by atoms with Gasteiger partial charge in [0.2, 0.25) is 0 Å². The van der Waals surface area contributed by atoms with Crippen LogP contribution < -0.4 is 0 Å². The maximum absolute atomic E-state index is 11.7. The molecule has 0 saturated heterocycles. The fraction of sp³-hybridized carbons (Fsp3) is 0.133. The fourth-order valence-corrected chi connectivity index (χ4v) is 2.01. The molecule has 108 valence electrons. The van der Waals surface area contributed by atoms with Crippen molar-refractivity contribution in [3.05, 3.63) is 74.2 Å². The van der Waals surface area contributed by atoms with Crippen LogP contribution in [0.5, 0.6) is 0 Å². The Kier molecular flexibility index (Phi) is 5.05. The highest BCUT2D eigenvalue weighted by Crippen LogP contribution is 2.15. The SMILES string of the molecule is O=C(Cc1ccc(Br)cc1)OCc1cccc([N+](=O)[O-])c1. The number of hydrogen-bond acceptors (Lipinski definition) is 4. The smallest absolute Gasteiger partial charge is 0.310 e. The molecule has 0 aliphatic rings. The Morgan fingerprint density at radius 1 is 1.14 bits per heavy atom. The van der Waals surface area contributed by atoms with Crippen LogP contribution in [-0.2, 0) is 22.6 Å². The van der Waals surface area contributed by atoms with E-state index in [4.69, 9.17) is 4.74 Å². The van der Waals surface area contributed by atoms with Gasteiger partial charge in [0.05, 0.1) is 11.3 Å². The number of halogens is 1. The van der Waals surface area contributed by atoms with E-state index in [9.17, 15) is 14.9 Å². The van der Waals surface area contributed by atoms with Crippen LogP contribution in [0.15, 0.2) is 53.0 Å². The number of nitro benzene ring substituents is 1. The molecule has 0 spiro atoms. The molecule has 0 N–H and O–H groups in total. The van der Waals surface area contributed by atoms with Gasteiger partial charge in [-0.3, -0.25) is 14.9 Å². The third kappa shape index (κ3) is 4.68. The van der Waals surface area contributed by atoms with Gasteiger partial charge in [-0.1, -0.05) is 40.2 Å². The summed E-state index contributed by atoms with van der Waals surface area (Å²) in [7, 11) is 0. The lowest BCUT2D eigenvalue weighted by Gasteiger charge is -2.05. The standard InChI is InChI=1S/C15H12BrNO4/c16-13-6-4-11(5-7-13)9-15(18)21-10-12-2-1-3-14(8-12)17(19)20/h1-8H,9-10H2. The number of benzene rings is 2. The maximum Gasteiger partial charge on any atom is 0.310 e. The van der Waals surface area contributed by atoms with E-state index in [-0.39, 0.29) is 24.7 Å². The van der Waals surface area contributed by atoms with Gasteiger partial charge in [-0.25, -0.2) is 0 Å². The van der Waals surface area contributed by atoms with Gasteiger partial charge in [0.1, 0.15) is 6.61 Å². The molecular weight excluding hydrogens is 338 g/mol. The molecule has 2 aromatic carbocycles. The number of esters is 1. The van der Waals surface area contributed by atoms with E-state index < -0.39 is 4.92 Å². The first-order valence-corrected chi connectivity index (χ1v) is 6.97. The van der Waals surface area contributed by atoms with Crippen LogP contribution in [0.1, 0.15) is 11.1 Å². The number of carbonyl (C=O) groups excluding carboxylic acids is 1. The second-order valence-electron chi connectivity index (χ2n) is 4.39. The van der Waals surface area contributed by atoms with Gasteiger partial charge < -0.3 is 4.74 Å². The summed E-state index contributed by atoms with van der Waals surface area (Å²) in [6, 6.07) is 13.4. The molecule has 6 heteroatoms. The Hall–Kier alpha value is -2.21. The highest BCUT2D eigenvalue weighted by molar-refractivity contribution is 9.10. The van der Waals surface area contributed by atoms with E-state index in [1.807, 2.05) is 24.3 Å². The van der Waals surface area contributed by atoms with Crippen LogP contribution in [0, 0.1) is 10.1 Å². The molecule has 0 aromatic heterocycles. The maximum atomic E-state index is 11.7. The second kappa shape index (κ2) is 6.99. The summed E-state index contributed by atoms with van der Waals surface area (Å²) in [6.07, 6.45) is 0.169. The van der Waals surface area contributed by atoms with Crippen LogP contribution in [0.4, 0.5) is 5.69 Å². The lowest BCUT2D eigenvalue weighted by Crippen LogP contribution is -2.08. The molecule has 0 amide bonds. The van der Waals surface area contributed by atoms with Gasteiger partial charge in [-0.2, -0.15) is 0 Å². The molecule has 2 rings (SSSR count). The van der Waals surface area contributed by atoms with Crippen LogP contribution >= 0.6 is 15.9 Å². The van der Waals surface area contributed by atoms with Gasteiger partial charge in [-0.05, 0) is 23.3 Å². The summed E-state index contributed by atoms with van der Waals surface area (Å²) in [6.45, 7) is 0.0248. The van der Waals surface area contributed by atoms with Crippen LogP contribution in [0.2, 0.25) is 0 Å². The predicted octanol–water partition coefficient (Wildman–Crippen LogP) is 3.64. The van der Waals surface area contributed by atoms with Gasteiger partial charge in [0, 0.05) is 16.6 Å². The Bertz CT molecular complexity index is 655. The number of ether oxygens (including phenoxy) is 1. The summed E-state index contributed by atoms with van der Waals surface area (Å²) in [5, 5.41) is 10.7. The Labute approximate surface area is 129 Å². The Balaban J connectivity index is 1.90. The van der Waals surface area contributed by atoms with E-state index in [0.717, 1.165) is 10.0 Å². The number of rotatable bonds is 5. The summed E-state index contributed by atoms with van der Waals surface area (Å²) in [5.41, 5.74) is 1.42. The van der Waals surface area contributed by atoms with Gasteiger partial charge in [-0.15, -0.1) is 0 Å². The lowest BCUT2D eigenvalue weighted by atomic mass is 10.1. The normalized spacial score (nSPS) is 10.1. The van der Waals surface area contributed by atoms with Crippen LogP contribution in [0.25, 0.3) is 0 Å². The summed E-state index contributed by atoms with van der Waals surface area (Å²) in [4.78, 5) is 21.9. The first-order chi connectivity index (χ1) is 10.0. The van der Waals surface area contributed by atoms with E-state index in [2.05, 4.69) is 15.9 Å². The van der Waals surface area contributed by atoms with Crippen LogP contribution in [-0.4, -0.2) is 10.9 Å². The van der Waals surface area contributed by atoms with Gasteiger partial charge in [0.15, 0.2) is 0 Å². The molecule has 5 nitrogen and oxygen atoms in total. The molecule has 0 aliphatic heterocycles. The number of nitro groups is 1.